The predicted molar refractivity (Wildman–Crippen MR) is 85.6 cm³/mol. The van der Waals surface area contributed by atoms with Crippen molar-refractivity contribution in [2.75, 3.05) is 14.2 Å². The van der Waals surface area contributed by atoms with Gasteiger partial charge in [0.1, 0.15) is 11.5 Å². The molecule has 1 heterocycles. The SMILES string of the molecule is COc1ccc(OC)c(/C=C/C(=O)c2c(C)nn(C)c2C)c1. The van der Waals surface area contributed by atoms with Crippen LogP contribution in [0.25, 0.3) is 6.08 Å². The van der Waals surface area contributed by atoms with Crippen LogP contribution in [0, 0.1) is 13.8 Å². The van der Waals surface area contributed by atoms with Crippen molar-refractivity contribution in [1.29, 1.82) is 0 Å². The van der Waals surface area contributed by atoms with Crippen molar-refractivity contribution in [3.05, 3.63) is 46.8 Å². The number of allylic oxidation sites excluding steroid dienone is 1. The molecule has 0 aliphatic heterocycles. The van der Waals surface area contributed by atoms with Gasteiger partial charge in [0.25, 0.3) is 0 Å². The minimum Gasteiger partial charge on any atom is -0.497 e. The molecule has 22 heavy (non-hydrogen) atoms. The number of carbonyl (C=O) groups is 1. The van der Waals surface area contributed by atoms with Gasteiger partial charge in [-0.05, 0) is 44.2 Å². The van der Waals surface area contributed by atoms with Crippen molar-refractivity contribution in [1.82, 2.24) is 9.78 Å². The third-order valence-electron chi connectivity index (χ3n) is 3.61. The van der Waals surface area contributed by atoms with Crippen LogP contribution in [0.5, 0.6) is 11.5 Å². The van der Waals surface area contributed by atoms with Gasteiger partial charge in [0.15, 0.2) is 5.78 Å². The van der Waals surface area contributed by atoms with Gasteiger partial charge < -0.3 is 9.47 Å². The first kappa shape index (κ1) is 15.8. The van der Waals surface area contributed by atoms with E-state index in [2.05, 4.69) is 5.10 Å². The Bertz CT molecular complexity index is 730. The Kier molecular flexibility index (Phi) is 4.65. The molecule has 1 aromatic carbocycles. The minimum atomic E-state index is -0.0760. The van der Waals surface area contributed by atoms with Crippen molar-refractivity contribution in [2.45, 2.75) is 13.8 Å². The van der Waals surface area contributed by atoms with Crippen LogP contribution in [0.3, 0.4) is 0 Å². The first-order chi connectivity index (χ1) is 10.5. The van der Waals surface area contributed by atoms with Gasteiger partial charge >= 0.3 is 0 Å². The maximum Gasteiger partial charge on any atom is 0.189 e. The summed E-state index contributed by atoms with van der Waals surface area (Å²) in [6.07, 6.45) is 3.27. The summed E-state index contributed by atoms with van der Waals surface area (Å²) >= 11 is 0. The van der Waals surface area contributed by atoms with E-state index in [0.29, 0.717) is 17.1 Å². The normalized spacial score (nSPS) is 11.0. The molecule has 0 saturated heterocycles. The summed E-state index contributed by atoms with van der Waals surface area (Å²) in [5.41, 5.74) is 3.01. The lowest BCUT2D eigenvalue weighted by molar-refractivity contribution is 0.104. The molecule has 0 fully saturated rings. The number of rotatable bonds is 5. The van der Waals surface area contributed by atoms with E-state index in [1.807, 2.05) is 39.1 Å². The molecule has 0 aliphatic rings. The number of ether oxygens (including phenoxy) is 2. The number of aryl methyl sites for hydroxylation is 2. The van der Waals surface area contributed by atoms with Crippen LogP contribution in [0.1, 0.15) is 27.3 Å². The average Bonchev–Trinajstić information content (AvgIpc) is 2.77. The van der Waals surface area contributed by atoms with Crippen LogP contribution in [-0.4, -0.2) is 29.8 Å². The van der Waals surface area contributed by atoms with Gasteiger partial charge in [-0.2, -0.15) is 5.10 Å². The molecule has 0 saturated carbocycles. The summed E-state index contributed by atoms with van der Waals surface area (Å²) in [4.78, 5) is 12.4. The standard InChI is InChI=1S/C17H20N2O3/c1-11-17(12(2)19(3)18-11)15(20)8-6-13-10-14(21-4)7-9-16(13)22-5/h6-10H,1-5H3/b8-6+. The Morgan fingerprint density at radius 1 is 1.23 bits per heavy atom. The average molecular weight is 300 g/mol. The zero-order valence-corrected chi connectivity index (χ0v) is 13.5. The van der Waals surface area contributed by atoms with Gasteiger partial charge in [0.2, 0.25) is 0 Å². The lowest BCUT2D eigenvalue weighted by Gasteiger charge is -2.07. The smallest absolute Gasteiger partial charge is 0.189 e. The van der Waals surface area contributed by atoms with Crippen LogP contribution < -0.4 is 9.47 Å². The summed E-state index contributed by atoms with van der Waals surface area (Å²) in [5.74, 6) is 1.32. The zero-order valence-electron chi connectivity index (χ0n) is 13.5. The highest BCUT2D eigenvalue weighted by Gasteiger charge is 2.15. The van der Waals surface area contributed by atoms with Crippen molar-refractivity contribution in [2.24, 2.45) is 7.05 Å². The molecular formula is C17H20N2O3. The van der Waals surface area contributed by atoms with Gasteiger partial charge in [-0.1, -0.05) is 0 Å². The van der Waals surface area contributed by atoms with E-state index in [1.165, 1.54) is 6.08 Å². The van der Waals surface area contributed by atoms with Crippen LogP contribution in [0.15, 0.2) is 24.3 Å². The molecule has 0 unspecified atom stereocenters. The Labute approximate surface area is 130 Å². The third-order valence-corrected chi connectivity index (χ3v) is 3.61. The number of methoxy groups -OCH3 is 2. The molecule has 0 aliphatic carbocycles. The molecule has 1 aromatic heterocycles. The molecule has 0 bridgehead atoms. The van der Waals surface area contributed by atoms with Crippen molar-refractivity contribution in [3.8, 4) is 11.5 Å². The van der Waals surface area contributed by atoms with E-state index < -0.39 is 0 Å². The van der Waals surface area contributed by atoms with Crippen molar-refractivity contribution >= 4 is 11.9 Å². The highest BCUT2D eigenvalue weighted by molar-refractivity contribution is 6.08. The Hall–Kier alpha value is -2.56. The maximum absolute atomic E-state index is 12.4. The molecule has 2 rings (SSSR count). The van der Waals surface area contributed by atoms with E-state index >= 15 is 0 Å². The largest absolute Gasteiger partial charge is 0.497 e. The topological polar surface area (TPSA) is 53.4 Å². The van der Waals surface area contributed by atoms with Crippen molar-refractivity contribution < 1.29 is 14.3 Å². The van der Waals surface area contributed by atoms with Crippen LogP contribution in [-0.2, 0) is 7.05 Å². The number of ketones is 1. The van der Waals surface area contributed by atoms with Crippen LogP contribution in [0.2, 0.25) is 0 Å². The Morgan fingerprint density at radius 2 is 1.95 bits per heavy atom. The number of benzene rings is 1. The summed E-state index contributed by atoms with van der Waals surface area (Å²) in [6.45, 7) is 3.72. The lowest BCUT2D eigenvalue weighted by Crippen LogP contribution is -1.99. The quantitative estimate of drug-likeness (QED) is 0.629. The second-order valence-corrected chi connectivity index (χ2v) is 4.97. The molecule has 0 amide bonds. The van der Waals surface area contributed by atoms with Crippen LogP contribution >= 0.6 is 0 Å². The van der Waals surface area contributed by atoms with Gasteiger partial charge in [-0.25, -0.2) is 0 Å². The Balaban J connectivity index is 2.33. The molecule has 5 nitrogen and oxygen atoms in total. The monoisotopic (exact) mass is 300 g/mol. The van der Waals surface area contributed by atoms with E-state index in [-0.39, 0.29) is 5.78 Å². The van der Waals surface area contributed by atoms with Gasteiger partial charge in [0.05, 0.1) is 25.5 Å². The summed E-state index contributed by atoms with van der Waals surface area (Å²) in [6, 6.07) is 5.45. The van der Waals surface area contributed by atoms with Crippen LogP contribution in [0.4, 0.5) is 0 Å². The summed E-state index contributed by atoms with van der Waals surface area (Å²) in [5, 5.41) is 4.27. The fourth-order valence-corrected chi connectivity index (χ4v) is 2.35. The fourth-order valence-electron chi connectivity index (χ4n) is 2.35. The number of nitrogens with zero attached hydrogens (tertiary/aromatic N) is 2. The molecule has 0 spiro atoms. The molecule has 0 N–H and O–H groups in total. The van der Waals surface area contributed by atoms with E-state index in [9.17, 15) is 4.79 Å². The lowest BCUT2D eigenvalue weighted by atomic mass is 10.1. The Morgan fingerprint density at radius 3 is 2.50 bits per heavy atom. The molecule has 0 radical (unpaired) electrons. The number of carbonyl (C=O) groups excluding carboxylic acids is 1. The summed E-state index contributed by atoms with van der Waals surface area (Å²) < 4.78 is 12.2. The second kappa shape index (κ2) is 6.47. The summed E-state index contributed by atoms with van der Waals surface area (Å²) in [7, 11) is 5.02. The molecule has 2 aromatic rings. The first-order valence-electron chi connectivity index (χ1n) is 6.92. The molecule has 116 valence electrons. The maximum atomic E-state index is 12.4. The number of aromatic nitrogens is 2. The molecular weight excluding hydrogens is 280 g/mol. The minimum absolute atomic E-state index is 0.0760. The van der Waals surface area contributed by atoms with Gasteiger partial charge in [0, 0.05) is 18.3 Å². The number of hydrogen-bond acceptors (Lipinski definition) is 4. The third kappa shape index (κ3) is 3.03. The molecule has 5 heteroatoms. The van der Waals surface area contributed by atoms with Gasteiger partial charge in [-0.3, -0.25) is 9.48 Å². The fraction of sp³-hybridized carbons (Fsp3) is 0.294. The highest BCUT2D eigenvalue weighted by atomic mass is 16.5. The highest BCUT2D eigenvalue weighted by Crippen LogP contribution is 2.25. The van der Waals surface area contributed by atoms with Crippen molar-refractivity contribution in [3.63, 3.8) is 0 Å². The second-order valence-electron chi connectivity index (χ2n) is 4.97. The van der Waals surface area contributed by atoms with E-state index in [0.717, 1.165) is 17.0 Å². The first-order valence-corrected chi connectivity index (χ1v) is 6.92. The predicted octanol–water partition coefficient (Wildman–Crippen LogP) is 2.95. The zero-order chi connectivity index (χ0) is 16.3. The number of hydrogen-bond donors (Lipinski definition) is 0. The van der Waals surface area contributed by atoms with Gasteiger partial charge in [-0.15, -0.1) is 0 Å². The molecule has 0 atom stereocenters. The van der Waals surface area contributed by atoms with E-state index in [4.69, 9.17) is 9.47 Å². The van der Waals surface area contributed by atoms with E-state index in [1.54, 1.807) is 25.0 Å².